The number of benzene rings is 1. The maximum absolute atomic E-state index is 12.7. The first-order valence-electron chi connectivity index (χ1n) is 9.06. The molecule has 0 saturated carbocycles. The minimum Gasteiger partial charge on any atom is -0.489 e. The molecular weight excluding hydrogens is 360 g/mol. The summed E-state index contributed by atoms with van der Waals surface area (Å²) >= 11 is 0. The lowest BCUT2D eigenvalue weighted by atomic mass is 10.1. The van der Waals surface area contributed by atoms with Crippen LogP contribution in [0.4, 0.5) is 5.69 Å². The van der Waals surface area contributed by atoms with Gasteiger partial charge in [0.05, 0.1) is 24.7 Å². The largest absolute Gasteiger partial charge is 0.489 e. The summed E-state index contributed by atoms with van der Waals surface area (Å²) < 4.78 is 7.63. The highest BCUT2D eigenvalue weighted by Gasteiger charge is 2.29. The molecule has 0 bridgehead atoms. The third kappa shape index (κ3) is 3.92. The summed E-state index contributed by atoms with van der Waals surface area (Å²) in [4.78, 5) is 30.1. The number of likely N-dealkylation sites (N-methyl/N-ethyl adjacent to an activating group) is 1. The van der Waals surface area contributed by atoms with Crippen LogP contribution in [0.5, 0.6) is 5.75 Å². The van der Waals surface area contributed by atoms with Crippen LogP contribution in [-0.4, -0.2) is 77.2 Å². The number of ether oxygens (including phenoxy) is 1. The van der Waals surface area contributed by atoms with Gasteiger partial charge >= 0.3 is 0 Å². The predicted octanol–water partition coefficient (Wildman–Crippen LogP) is 0.763. The van der Waals surface area contributed by atoms with E-state index < -0.39 is 0 Å². The third-order valence-corrected chi connectivity index (χ3v) is 4.99. The van der Waals surface area contributed by atoms with E-state index in [-0.39, 0.29) is 17.9 Å². The Hall–Kier alpha value is -3.10. The molecule has 1 aromatic carbocycles. The number of amides is 2. The third-order valence-electron chi connectivity index (χ3n) is 4.99. The minimum atomic E-state index is -0.119. The Morgan fingerprint density at radius 1 is 1.25 bits per heavy atom. The smallest absolute Gasteiger partial charge is 0.253 e. The topological polar surface area (TPSA) is 83.8 Å². The summed E-state index contributed by atoms with van der Waals surface area (Å²) in [5.41, 5.74) is 1.40. The Morgan fingerprint density at radius 3 is 2.64 bits per heavy atom. The second kappa shape index (κ2) is 7.87. The van der Waals surface area contributed by atoms with Gasteiger partial charge in [0.2, 0.25) is 5.91 Å². The number of nitrogens with zero attached hydrogens (tertiary/aromatic N) is 6. The number of aryl methyl sites for hydroxylation is 1. The van der Waals surface area contributed by atoms with Crippen LogP contribution in [-0.2, 0) is 18.4 Å². The Balaban J connectivity index is 1.70. The number of carbonyl (C=O) groups excluding carboxylic acids is 2. The molecule has 1 aliphatic heterocycles. The highest BCUT2D eigenvalue weighted by Crippen LogP contribution is 2.34. The quantitative estimate of drug-likeness (QED) is 0.755. The Labute approximate surface area is 164 Å². The van der Waals surface area contributed by atoms with Crippen molar-refractivity contribution < 1.29 is 14.3 Å². The fourth-order valence-electron chi connectivity index (χ4n) is 3.10. The van der Waals surface area contributed by atoms with Crippen molar-refractivity contribution in [3.8, 4) is 5.75 Å². The monoisotopic (exact) mass is 386 g/mol. The van der Waals surface area contributed by atoms with Gasteiger partial charge in [-0.2, -0.15) is 0 Å². The van der Waals surface area contributed by atoms with Crippen molar-refractivity contribution in [1.29, 1.82) is 0 Å². The molecule has 1 atom stereocenters. The van der Waals surface area contributed by atoms with E-state index in [0.717, 1.165) is 11.5 Å². The molecule has 3 rings (SSSR count). The van der Waals surface area contributed by atoms with Crippen molar-refractivity contribution in [3.05, 3.63) is 35.9 Å². The van der Waals surface area contributed by atoms with Crippen molar-refractivity contribution in [2.45, 2.75) is 19.0 Å². The first-order valence-corrected chi connectivity index (χ1v) is 9.06. The average molecular weight is 386 g/mol. The van der Waals surface area contributed by atoms with Gasteiger partial charge < -0.3 is 24.0 Å². The second-order valence-corrected chi connectivity index (χ2v) is 7.27. The fraction of sp³-hybridized carbons (Fsp3) is 0.474. The minimum absolute atomic E-state index is 0.00702. The normalized spacial score (nSPS) is 15.6. The second-order valence-electron chi connectivity index (χ2n) is 7.27. The van der Waals surface area contributed by atoms with Crippen LogP contribution < -0.4 is 9.64 Å². The molecular formula is C19H26N6O3. The molecule has 0 saturated heterocycles. The molecule has 9 nitrogen and oxygen atoms in total. The first kappa shape index (κ1) is 19.7. The van der Waals surface area contributed by atoms with Gasteiger partial charge in [-0.3, -0.25) is 9.59 Å². The van der Waals surface area contributed by atoms with E-state index >= 15 is 0 Å². The van der Waals surface area contributed by atoms with E-state index in [1.165, 1.54) is 4.90 Å². The summed E-state index contributed by atoms with van der Waals surface area (Å²) in [5, 5.41) is 7.86. The number of aromatic nitrogens is 3. The van der Waals surface area contributed by atoms with E-state index in [4.69, 9.17) is 4.74 Å². The van der Waals surface area contributed by atoms with Gasteiger partial charge in [-0.1, -0.05) is 0 Å². The van der Waals surface area contributed by atoms with Crippen LogP contribution in [0.2, 0.25) is 0 Å². The van der Waals surface area contributed by atoms with Gasteiger partial charge in [0.15, 0.2) is 5.82 Å². The van der Waals surface area contributed by atoms with Gasteiger partial charge in [0.1, 0.15) is 18.7 Å². The maximum Gasteiger partial charge on any atom is 0.253 e. The zero-order chi connectivity index (χ0) is 20.4. The van der Waals surface area contributed by atoms with E-state index in [2.05, 4.69) is 10.2 Å². The molecule has 1 unspecified atom stereocenters. The van der Waals surface area contributed by atoms with Crippen LogP contribution in [0.1, 0.15) is 22.6 Å². The van der Waals surface area contributed by atoms with E-state index in [1.807, 2.05) is 25.1 Å². The molecule has 1 aliphatic rings. The lowest BCUT2D eigenvalue weighted by Crippen LogP contribution is -2.44. The molecule has 0 aliphatic carbocycles. The van der Waals surface area contributed by atoms with E-state index in [9.17, 15) is 9.59 Å². The zero-order valence-electron chi connectivity index (χ0n) is 16.9. The Bertz CT molecular complexity index is 878. The highest BCUT2D eigenvalue weighted by atomic mass is 16.5. The summed E-state index contributed by atoms with van der Waals surface area (Å²) in [5.74, 6) is 1.36. The number of anilines is 1. The Kier molecular flexibility index (Phi) is 5.53. The predicted molar refractivity (Wildman–Crippen MR) is 104 cm³/mol. The molecule has 9 heteroatoms. The molecule has 0 fully saturated rings. The average Bonchev–Trinajstić information content (AvgIpc) is 3.07. The van der Waals surface area contributed by atoms with Crippen molar-refractivity contribution in [3.63, 3.8) is 0 Å². The molecule has 0 radical (unpaired) electrons. The van der Waals surface area contributed by atoms with E-state index in [0.29, 0.717) is 30.9 Å². The Morgan fingerprint density at radius 2 is 2.00 bits per heavy atom. The van der Waals surface area contributed by atoms with Gasteiger partial charge in [0.25, 0.3) is 5.91 Å². The van der Waals surface area contributed by atoms with Crippen LogP contribution in [0.25, 0.3) is 0 Å². The molecule has 1 aromatic heterocycles. The summed E-state index contributed by atoms with van der Waals surface area (Å²) in [6.07, 6.45) is 1.91. The molecule has 2 heterocycles. The summed E-state index contributed by atoms with van der Waals surface area (Å²) in [7, 11) is 8.96. The molecule has 2 aromatic rings. The summed E-state index contributed by atoms with van der Waals surface area (Å²) in [6, 6.07) is 5.26. The van der Waals surface area contributed by atoms with Gasteiger partial charge in [0, 0.05) is 40.8 Å². The highest BCUT2D eigenvalue weighted by molar-refractivity contribution is 5.95. The summed E-state index contributed by atoms with van der Waals surface area (Å²) in [6.45, 7) is 0.804. The molecule has 150 valence electrons. The van der Waals surface area contributed by atoms with Crippen molar-refractivity contribution in [1.82, 2.24) is 24.6 Å². The van der Waals surface area contributed by atoms with Gasteiger partial charge in [-0.25, -0.2) is 0 Å². The van der Waals surface area contributed by atoms with E-state index in [1.54, 1.807) is 49.1 Å². The van der Waals surface area contributed by atoms with Crippen LogP contribution in [0.3, 0.4) is 0 Å². The molecule has 0 spiro atoms. The zero-order valence-corrected chi connectivity index (χ0v) is 16.9. The van der Waals surface area contributed by atoms with Crippen LogP contribution >= 0.6 is 0 Å². The lowest BCUT2D eigenvalue weighted by molar-refractivity contribution is -0.131. The van der Waals surface area contributed by atoms with Crippen molar-refractivity contribution in [2.75, 3.05) is 39.7 Å². The van der Waals surface area contributed by atoms with Crippen LogP contribution in [0.15, 0.2) is 24.5 Å². The molecule has 28 heavy (non-hydrogen) atoms. The fourth-order valence-corrected chi connectivity index (χ4v) is 3.10. The van der Waals surface area contributed by atoms with Crippen LogP contribution in [0, 0.1) is 0 Å². The number of carbonyl (C=O) groups is 2. The number of hydrogen-bond donors (Lipinski definition) is 0. The standard InChI is InChI=1S/C19H26N6O3/c1-22(2)19(27)13-6-7-16-15(8-13)25(5)14(11-28-16)9-18(26)23(3)10-17-21-20-12-24(17)4/h6-8,12,14H,9-11H2,1-5H3. The number of rotatable bonds is 5. The molecule has 0 N–H and O–H groups in total. The van der Waals surface area contributed by atoms with Crippen molar-refractivity contribution >= 4 is 17.5 Å². The lowest BCUT2D eigenvalue weighted by Gasteiger charge is -2.36. The molecule has 2 amide bonds. The van der Waals surface area contributed by atoms with Gasteiger partial charge in [-0.05, 0) is 18.2 Å². The first-order chi connectivity index (χ1) is 13.3. The maximum atomic E-state index is 12.7. The number of fused-ring (bicyclic) bond motifs is 1. The van der Waals surface area contributed by atoms with Crippen molar-refractivity contribution in [2.24, 2.45) is 7.05 Å². The number of hydrogen-bond acceptors (Lipinski definition) is 6. The van der Waals surface area contributed by atoms with Gasteiger partial charge in [-0.15, -0.1) is 10.2 Å². The SMILES string of the molecule is CN(C)C(=O)c1ccc2c(c1)N(C)C(CC(=O)N(C)Cc1nncn1C)CO2.